The van der Waals surface area contributed by atoms with Crippen molar-refractivity contribution in [3.8, 4) is 23.5 Å². The van der Waals surface area contributed by atoms with Gasteiger partial charge in [-0.25, -0.2) is 0 Å². The first-order valence-electron chi connectivity index (χ1n) is 8.98. The number of rotatable bonds is 6. The van der Waals surface area contributed by atoms with Crippen LogP contribution in [-0.4, -0.2) is 0 Å². The van der Waals surface area contributed by atoms with Crippen LogP contribution in [0.3, 0.4) is 0 Å². The number of hydrogen-bond acceptors (Lipinski definition) is 0. The summed E-state index contributed by atoms with van der Waals surface area (Å²) in [6.07, 6.45) is 13.2. The second-order valence-electron chi connectivity index (χ2n) is 6.74. The highest BCUT2D eigenvalue weighted by Crippen LogP contribution is 2.54. The van der Waals surface area contributed by atoms with Crippen molar-refractivity contribution in [3.05, 3.63) is 59.2 Å². The molecule has 1 aliphatic carbocycles. The normalized spacial score (nSPS) is 14.1. The predicted molar refractivity (Wildman–Crippen MR) is 99.6 cm³/mol. The lowest BCUT2D eigenvalue weighted by atomic mass is 9.71. The standard InChI is InChI=1S/C23H26/c1-4-7-15-23(16-8-5-2)21-12-10-9-11-19(21)20-17-18(6-3)13-14-22(20)23/h3,9-14,17H,4-5,7-8,15-16H2,1-2H3. The average Bonchev–Trinajstić information content (AvgIpc) is 2.88. The molecule has 1 aliphatic rings. The molecule has 2 aromatic rings. The van der Waals surface area contributed by atoms with Crippen LogP contribution in [0.1, 0.15) is 69.1 Å². The SMILES string of the molecule is C#Cc1ccc2c(c1)-c1ccccc1C2(CCCC)CCCC. The second-order valence-corrected chi connectivity index (χ2v) is 6.74. The molecule has 2 aromatic carbocycles. The zero-order valence-electron chi connectivity index (χ0n) is 14.4. The fourth-order valence-corrected chi connectivity index (χ4v) is 4.18. The Morgan fingerprint density at radius 3 is 2.17 bits per heavy atom. The number of hydrogen-bond donors (Lipinski definition) is 0. The second kappa shape index (κ2) is 6.63. The summed E-state index contributed by atoms with van der Waals surface area (Å²) in [5, 5.41) is 0. The Balaban J connectivity index is 2.21. The molecule has 0 fully saturated rings. The Hall–Kier alpha value is -2.00. The van der Waals surface area contributed by atoms with Gasteiger partial charge in [-0.05, 0) is 47.2 Å². The van der Waals surface area contributed by atoms with E-state index >= 15 is 0 Å². The van der Waals surface area contributed by atoms with Crippen LogP contribution in [0.2, 0.25) is 0 Å². The molecule has 0 saturated heterocycles. The topological polar surface area (TPSA) is 0 Å². The highest BCUT2D eigenvalue weighted by molar-refractivity contribution is 5.82. The molecule has 0 aromatic heterocycles. The molecule has 0 heteroatoms. The minimum absolute atomic E-state index is 0.186. The summed E-state index contributed by atoms with van der Waals surface area (Å²) < 4.78 is 0. The molecule has 0 heterocycles. The summed E-state index contributed by atoms with van der Waals surface area (Å²) >= 11 is 0. The van der Waals surface area contributed by atoms with Gasteiger partial charge in [0.25, 0.3) is 0 Å². The summed E-state index contributed by atoms with van der Waals surface area (Å²) in [4.78, 5) is 0. The minimum atomic E-state index is 0.186. The van der Waals surface area contributed by atoms with Crippen LogP contribution in [0.4, 0.5) is 0 Å². The first-order chi connectivity index (χ1) is 11.3. The predicted octanol–water partition coefficient (Wildman–Crippen LogP) is 6.31. The lowest BCUT2D eigenvalue weighted by Gasteiger charge is -2.32. The van der Waals surface area contributed by atoms with E-state index in [1.54, 1.807) is 0 Å². The summed E-state index contributed by atoms with van der Waals surface area (Å²) in [5.41, 5.74) is 6.95. The van der Waals surface area contributed by atoms with Crippen molar-refractivity contribution in [1.82, 2.24) is 0 Å². The molecule has 0 unspecified atom stereocenters. The molecule has 0 spiro atoms. The van der Waals surface area contributed by atoms with Gasteiger partial charge >= 0.3 is 0 Å². The molecule has 23 heavy (non-hydrogen) atoms. The van der Waals surface area contributed by atoms with Gasteiger partial charge in [0.15, 0.2) is 0 Å². The molecular formula is C23H26. The Morgan fingerprint density at radius 1 is 0.870 bits per heavy atom. The maximum absolute atomic E-state index is 5.64. The monoisotopic (exact) mass is 302 g/mol. The maximum Gasteiger partial charge on any atom is 0.0248 e. The molecular weight excluding hydrogens is 276 g/mol. The van der Waals surface area contributed by atoms with E-state index in [1.807, 2.05) is 0 Å². The molecule has 0 N–H and O–H groups in total. The van der Waals surface area contributed by atoms with Gasteiger partial charge in [-0.15, -0.1) is 6.42 Å². The van der Waals surface area contributed by atoms with Crippen LogP contribution in [0.15, 0.2) is 42.5 Å². The number of fused-ring (bicyclic) bond motifs is 3. The van der Waals surface area contributed by atoms with Gasteiger partial charge in [0.2, 0.25) is 0 Å². The Kier molecular flexibility index (Phi) is 4.58. The lowest BCUT2D eigenvalue weighted by Crippen LogP contribution is -2.25. The van der Waals surface area contributed by atoms with E-state index in [9.17, 15) is 0 Å². The lowest BCUT2D eigenvalue weighted by molar-refractivity contribution is 0.414. The third-order valence-electron chi connectivity index (χ3n) is 5.35. The van der Waals surface area contributed by atoms with Gasteiger partial charge in [-0.1, -0.05) is 75.8 Å². The number of benzene rings is 2. The Bertz CT molecular complexity index is 722. The Labute approximate surface area is 140 Å². The summed E-state index contributed by atoms with van der Waals surface area (Å²) in [5.74, 6) is 2.80. The maximum atomic E-state index is 5.64. The summed E-state index contributed by atoms with van der Waals surface area (Å²) in [6.45, 7) is 4.58. The first kappa shape index (κ1) is 15.9. The van der Waals surface area contributed by atoms with Gasteiger partial charge in [0, 0.05) is 11.0 Å². The van der Waals surface area contributed by atoms with Gasteiger partial charge in [0.1, 0.15) is 0 Å². The fraction of sp³-hybridized carbons (Fsp3) is 0.391. The van der Waals surface area contributed by atoms with Crippen LogP contribution in [0.25, 0.3) is 11.1 Å². The molecule has 0 bridgehead atoms. The summed E-state index contributed by atoms with van der Waals surface area (Å²) in [7, 11) is 0. The van der Waals surface area contributed by atoms with E-state index in [0.29, 0.717) is 0 Å². The largest absolute Gasteiger partial charge is 0.115 e. The molecule has 0 atom stereocenters. The van der Waals surface area contributed by atoms with E-state index < -0.39 is 0 Å². The number of unbranched alkanes of at least 4 members (excludes halogenated alkanes) is 2. The van der Waals surface area contributed by atoms with Crippen LogP contribution >= 0.6 is 0 Å². The third-order valence-corrected chi connectivity index (χ3v) is 5.35. The molecule has 0 saturated carbocycles. The molecule has 0 aliphatic heterocycles. The van der Waals surface area contributed by atoms with Crippen molar-refractivity contribution in [2.75, 3.05) is 0 Å². The Morgan fingerprint density at radius 2 is 1.52 bits per heavy atom. The molecule has 118 valence electrons. The minimum Gasteiger partial charge on any atom is -0.115 e. The van der Waals surface area contributed by atoms with Crippen molar-refractivity contribution in [2.45, 2.75) is 57.8 Å². The fourth-order valence-electron chi connectivity index (χ4n) is 4.18. The molecule has 3 rings (SSSR count). The quantitative estimate of drug-likeness (QED) is 0.548. The zero-order valence-corrected chi connectivity index (χ0v) is 14.4. The summed E-state index contributed by atoms with van der Waals surface area (Å²) in [6, 6.07) is 15.6. The van der Waals surface area contributed by atoms with E-state index in [0.717, 1.165) is 5.56 Å². The van der Waals surface area contributed by atoms with Crippen molar-refractivity contribution in [3.63, 3.8) is 0 Å². The zero-order chi connectivity index (χ0) is 16.3. The van der Waals surface area contributed by atoms with E-state index in [1.165, 1.54) is 60.8 Å². The van der Waals surface area contributed by atoms with E-state index in [-0.39, 0.29) is 5.41 Å². The van der Waals surface area contributed by atoms with Gasteiger partial charge < -0.3 is 0 Å². The van der Waals surface area contributed by atoms with Crippen LogP contribution in [0.5, 0.6) is 0 Å². The number of terminal acetylenes is 1. The van der Waals surface area contributed by atoms with Crippen molar-refractivity contribution in [2.24, 2.45) is 0 Å². The smallest absolute Gasteiger partial charge is 0.0248 e. The van der Waals surface area contributed by atoms with Crippen LogP contribution in [0, 0.1) is 12.3 Å². The highest BCUT2D eigenvalue weighted by Gasteiger charge is 2.41. The van der Waals surface area contributed by atoms with Crippen LogP contribution < -0.4 is 0 Å². The van der Waals surface area contributed by atoms with Crippen molar-refractivity contribution < 1.29 is 0 Å². The van der Waals surface area contributed by atoms with Gasteiger partial charge in [0.05, 0.1) is 0 Å². The first-order valence-corrected chi connectivity index (χ1v) is 8.98. The van der Waals surface area contributed by atoms with Crippen LogP contribution in [-0.2, 0) is 5.41 Å². The average molecular weight is 302 g/mol. The van der Waals surface area contributed by atoms with Crippen molar-refractivity contribution in [1.29, 1.82) is 0 Å². The molecule has 0 nitrogen and oxygen atoms in total. The van der Waals surface area contributed by atoms with Gasteiger partial charge in [-0.2, -0.15) is 0 Å². The highest BCUT2D eigenvalue weighted by atomic mass is 14.4. The van der Waals surface area contributed by atoms with Crippen molar-refractivity contribution >= 4 is 0 Å². The molecule has 0 radical (unpaired) electrons. The van der Waals surface area contributed by atoms with E-state index in [2.05, 4.69) is 62.2 Å². The third kappa shape index (κ3) is 2.59. The van der Waals surface area contributed by atoms with Gasteiger partial charge in [-0.3, -0.25) is 0 Å². The molecule has 0 amide bonds. The van der Waals surface area contributed by atoms with E-state index in [4.69, 9.17) is 6.42 Å².